The Morgan fingerprint density at radius 3 is 1.68 bits per heavy atom. The summed E-state index contributed by atoms with van der Waals surface area (Å²) in [6.07, 6.45) is 2.11. The lowest BCUT2D eigenvalue weighted by atomic mass is 9.93. The van der Waals surface area contributed by atoms with Gasteiger partial charge in [-0.1, -0.05) is 128 Å². The van der Waals surface area contributed by atoms with Gasteiger partial charge in [0.1, 0.15) is 0 Å². The molecule has 8 aromatic carbocycles. The van der Waals surface area contributed by atoms with E-state index in [0.29, 0.717) is 0 Å². The van der Waals surface area contributed by atoms with Gasteiger partial charge in [-0.2, -0.15) is 0 Å². The highest BCUT2D eigenvalue weighted by Gasteiger charge is 2.17. The van der Waals surface area contributed by atoms with Crippen LogP contribution in [0.2, 0.25) is 10.0 Å². The number of hydrogen-bond donors (Lipinski definition) is 0. The molecular formula is C42H29Cl2IS2. The number of rotatable bonds is 2. The minimum Gasteiger partial charge on any atom is -0.135 e. The molecule has 0 saturated heterocycles. The first-order valence-electron chi connectivity index (χ1n) is 14.9. The molecule has 0 nitrogen and oxygen atoms in total. The molecule has 1 aromatic heterocycles. The van der Waals surface area contributed by atoms with Gasteiger partial charge in [-0.25, -0.2) is 0 Å². The van der Waals surface area contributed by atoms with E-state index in [-0.39, 0.29) is 7.43 Å². The van der Waals surface area contributed by atoms with Crippen molar-refractivity contribution in [3.63, 3.8) is 0 Å². The molecule has 9 aromatic rings. The molecule has 230 valence electrons. The van der Waals surface area contributed by atoms with Gasteiger partial charge >= 0.3 is 0 Å². The Morgan fingerprint density at radius 2 is 1.02 bits per heavy atom. The molecule has 0 amide bonds. The second kappa shape index (κ2) is 13.3. The molecule has 0 radical (unpaired) electrons. The maximum Gasteiger partial charge on any atom is 0.0440 e. The summed E-state index contributed by atoms with van der Waals surface area (Å²) < 4.78 is 3.92. The van der Waals surface area contributed by atoms with E-state index in [1.54, 1.807) is 11.8 Å². The molecule has 0 fully saturated rings. The van der Waals surface area contributed by atoms with Crippen molar-refractivity contribution < 1.29 is 0 Å². The number of halogens is 3. The zero-order valence-electron chi connectivity index (χ0n) is 24.7. The van der Waals surface area contributed by atoms with Crippen molar-refractivity contribution in [2.75, 3.05) is 6.26 Å². The van der Waals surface area contributed by atoms with Crippen molar-refractivity contribution in [3.05, 3.63) is 147 Å². The highest BCUT2D eigenvalue weighted by atomic mass is 127. The van der Waals surface area contributed by atoms with Gasteiger partial charge in [0.25, 0.3) is 0 Å². The monoisotopic (exact) mass is 794 g/mol. The average molecular weight is 796 g/mol. The van der Waals surface area contributed by atoms with E-state index in [0.717, 1.165) is 10.0 Å². The SMILES string of the molecule is C.CSc1ccc(Cl)cc1-c1c(I)c2ccccc2c2ccccc12.Clc1ccc2sc3c4ccccc4c4ccccc4c3c2c1. The molecular weight excluding hydrogens is 766 g/mol. The Hall–Kier alpha value is -3.32. The van der Waals surface area contributed by atoms with Gasteiger partial charge in [0.05, 0.1) is 0 Å². The number of thiophene rings is 1. The molecule has 0 spiro atoms. The lowest BCUT2D eigenvalue weighted by Gasteiger charge is -2.16. The Balaban J connectivity index is 0.000000147. The van der Waals surface area contributed by atoms with E-state index >= 15 is 0 Å². The van der Waals surface area contributed by atoms with Gasteiger partial charge in [-0.05, 0) is 109 Å². The van der Waals surface area contributed by atoms with Crippen LogP contribution in [-0.4, -0.2) is 6.26 Å². The lowest BCUT2D eigenvalue weighted by Crippen LogP contribution is -1.91. The van der Waals surface area contributed by atoms with Crippen LogP contribution in [-0.2, 0) is 0 Å². The van der Waals surface area contributed by atoms with E-state index in [1.807, 2.05) is 23.5 Å². The summed E-state index contributed by atoms with van der Waals surface area (Å²) in [6, 6.07) is 47.0. The van der Waals surface area contributed by atoms with Crippen LogP contribution in [0.4, 0.5) is 0 Å². The molecule has 0 atom stereocenters. The predicted molar refractivity (Wildman–Crippen MR) is 222 cm³/mol. The van der Waals surface area contributed by atoms with Crippen molar-refractivity contribution >= 4 is 132 Å². The number of benzene rings is 8. The number of thioether (sulfide) groups is 1. The number of hydrogen-bond acceptors (Lipinski definition) is 2. The first-order chi connectivity index (χ1) is 22.5. The molecule has 0 unspecified atom stereocenters. The van der Waals surface area contributed by atoms with Crippen molar-refractivity contribution in [1.29, 1.82) is 0 Å². The van der Waals surface area contributed by atoms with Gasteiger partial charge in [0.2, 0.25) is 0 Å². The van der Waals surface area contributed by atoms with E-state index in [2.05, 4.69) is 150 Å². The zero-order chi connectivity index (χ0) is 31.4. The first kappa shape index (κ1) is 32.2. The highest BCUT2D eigenvalue weighted by molar-refractivity contribution is 14.1. The summed E-state index contributed by atoms with van der Waals surface area (Å²) in [6.45, 7) is 0. The summed E-state index contributed by atoms with van der Waals surface area (Å²) in [5, 5.41) is 14.6. The van der Waals surface area contributed by atoms with Crippen LogP contribution in [0.5, 0.6) is 0 Å². The minimum absolute atomic E-state index is 0. The fourth-order valence-corrected chi connectivity index (χ4v) is 9.83. The standard InChI is InChI=1S/C21H14ClIS.C20H11ClS.CH4/c1-24-19-11-10-13(22)12-18(19)20-16-8-4-2-6-14(16)15-7-3-5-9-17(15)21(20)23;21-12-9-10-18-17(11-12)19-15-7-3-1-5-13(15)14-6-2-4-8-16(14)20(19)22-18;/h2-12H,1H3;1-11H;1H4. The molecule has 0 aliphatic carbocycles. The Morgan fingerprint density at radius 1 is 0.532 bits per heavy atom. The topological polar surface area (TPSA) is 0 Å². The largest absolute Gasteiger partial charge is 0.135 e. The van der Waals surface area contributed by atoms with Crippen molar-refractivity contribution in [2.24, 2.45) is 0 Å². The lowest BCUT2D eigenvalue weighted by molar-refractivity contribution is 1.46. The molecule has 0 N–H and O–H groups in total. The first-order valence-corrected chi connectivity index (χ1v) is 18.7. The van der Waals surface area contributed by atoms with Gasteiger partial charge < -0.3 is 0 Å². The van der Waals surface area contributed by atoms with Crippen molar-refractivity contribution in [1.82, 2.24) is 0 Å². The van der Waals surface area contributed by atoms with Gasteiger partial charge in [0, 0.05) is 49.6 Å². The van der Waals surface area contributed by atoms with Crippen molar-refractivity contribution in [3.8, 4) is 11.1 Å². The normalized spacial score (nSPS) is 11.3. The molecule has 0 bridgehead atoms. The van der Waals surface area contributed by atoms with Crippen LogP contribution in [0.15, 0.2) is 138 Å². The number of fused-ring (bicyclic) bond motifs is 11. The molecule has 9 rings (SSSR count). The maximum atomic E-state index is 6.33. The summed E-state index contributed by atoms with van der Waals surface area (Å²) in [5.41, 5.74) is 2.48. The Bertz CT molecular complexity index is 2620. The molecule has 5 heteroatoms. The molecule has 0 saturated carbocycles. The van der Waals surface area contributed by atoms with Crippen LogP contribution in [0.25, 0.3) is 74.4 Å². The van der Waals surface area contributed by atoms with Crippen LogP contribution < -0.4 is 0 Å². The summed E-state index contributed by atoms with van der Waals surface area (Å²) in [5.74, 6) is 0. The van der Waals surface area contributed by atoms with E-state index < -0.39 is 0 Å². The van der Waals surface area contributed by atoms with Gasteiger partial charge in [-0.3, -0.25) is 0 Å². The molecule has 0 aliphatic rings. The second-order valence-electron chi connectivity index (χ2n) is 11.2. The van der Waals surface area contributed by atoms with Gasteiger partial charge in [-0.15, -0.1) is 23.1 Å². The fraction of sp³-hybridized carbons (Fsp3) is 0.0476. The third kappa shape index (κ3) is 5.56. The predicted octanol–water partition coefficient (Wildman–Crippen LogP) is 15.3. The third-order valence-corrected chi connectivity index (χ3v) is 12.2. The zero-order valence-corrected chi connectivity index (χ0v) is 30.0. The summed E-state index contributed by atoms with van der Waals surface area (Å²) in [4.78, 5) is 1.25. The van der Waals surface area contributed by atoms with Crippen LogP contribution in [0.3, 0.4) is 0 Å². The van der Waals surface area contributed by atoms with E-state index in [9.17, 15) is 0 Å². The van der Waals surface area contributed by atoms with Crippen LogP contribution in [0.1, 0.15) is 7.43 Å². The van der Waals surface area contributed by atoms with Crippen molar-refractivity contribution in [2.45, 2.75) is 12.3 Å². The maximum absolute atomic E-state index is 6.33. The quantitative estimate of drug-likeness (QED) is 0.0954. The smallest absolute Gasteiger partial charge is 0.0440 e. The fourth-order valence-electron chi connectivity index (χ4n) is 6.62. The third-order valence-electron chi connectivity index (χ3n) is 8.61. The summed E-state index contributed by atoms with van der Waals surface area (Å²) >= 11 is 18.7. The van der Waals surface area contributed by atoms with Crippen LogP contribution >= 0.6 is 68.9 Å². The highest BCUT2D eigenvalue weighted by Crippen LogP contribution is 2.45. The molecule has 1 heterocycles. The average Bonchev–Trinajstić information content (AvgIpc) is 3.48. The molecule has 47 heavy (non-hydrogen) atoms. The van der Waals surface area contributed by atoms with E-state index in [1.165, 1.54) is 82.9 Å². The van der Waals surface area contributed by atoms with E-state index in [4.69, 9.17) is 23.2 Å². The van der Waals surface area contributed by atoms with Crippen LogP contribution in [0, 0.1) is 3.57 Å². The molecule has 0 aliphatic heterocycles. The Labute approximate surface area is 306 Å². The second-order valence-corrected chi connectivity index (χ2v) is 15.0. The Kier molecular flexibility index (Phi) is 9.12. The van der Waals surface area contributed by atoms with Gasteiger partial charge in [0.15, 0.2) is 0 Å². The minimum atomic E-state index is 0. The summed E-state index contributed by atoms with van der Waals surface area (Å²) in [7, 11) is 0.